The number of para-hydroxylation sites is 1. The molecule has 2 aromatic rings. The van der Waals surface area contributed by atoms with Gasteiger partial charge in [-0.25, -0.2) is 0 Å². The van der Waals surface area contributed by atoms with Crippen molar-refractivity contribution in [1.82, 2.24) is 5.32 Å². The largest absolute Gasteiger partial charge is 0.343 e. The molecule has 4 nitrogen and oxygen atoms in total. The van der Waals surface area contributed by atoms with E-state index in [-0.39, 0.29) is 23.8 Å². The summed E-state index contributed by atoms with van der Waals surface area (Å²) in [6.45, 7) is 6.22. The molecule has 5 heteroatoms. The number of hydrogen-bond donors (Lipinski definition) is 2. The van der Waals surface area contributed by atoms with Gasteiger partial charge in [0.2, 0.25) is 5.91 Å². The number of amides is 2. The summed E-state index contributed by atoms with van der Waals surface area (Å²) in [7, 11) is 0. The normalized spacial score (nSPS) is 11.0. The molecule has 0 heterocycles. The molecule has 0 aromatic heterocycles. The van der Waals surface area contributed by atoms with Gasteiger partial charge in [-0.2, -0.15) is 0 Å². The van der Waals surface area contributed by atoms with Crippen LogP contribution in [0, 0.1) is 0 Å². The Hall–Kier alpha value is -2.33. The van der Waals surface area contributed by atoms with Crippen LogP contribution < -0.4 is 10.6 Å². The zero-order chi connectivity index (χ0) is 17.7. The van der Waals surface area contributed by atoms with Gasteiger partial charge in [0.05, 0.1) is 17.3 Å². The molecular weight excluding hydrogens is 324 g/mol. The summed E-state index contributed by atoms with van der Waals surface area (Å²) < 4.78 is 0. The number of carbonyl (C=O) groups is 2. The minimum Gasteiger partial charge on any atom is -0.343 e. The van der Waals surface area contributed by atoms with Crippen LogP contribution in [0.3, 0.4) is 0 Å². The van der Waals surface area contributed by atoms with Crippen molar-refractivity contribution < 1.29 is 9.59 Å². The molecule has 0 saturated heterocycles. The Labute approximate surface area is 147 Å². The van der Waals surface area contributed by atoms with Crippen molar-refractivity contribution in [1.29, 1.82) is 0 Å². The van der Waals surface area contributed by atoms with Crippen LogP contribution in [0.4, 0.5) is 5.69 Å². The molecule has 0 atom stereocenters. The summed E-state index contributed by atoms with van der Waals surface area (Å²) in [4.78, 5) is 24.0. The molecule has 0 unspecified atom stereocenters. The monoisotopic (exact) mass is 344 g/mol. The summed E-state index contributed by atoms with van der Waals surface area (Å²) in [6, 6.07) is 14.3. The van der Waals surface area contributed by atoms with Crippen LogP contribution >= 0.6 is 11.6 Å². The predicted molar refractivity (Wildman–Crippen MR) is 97.6 cm³/mol. The maximum atomic E-state index is 12.1. The summed E-state index contributed by atoms with van der Waals surface area (Å²) >= 11 is 5.98. The maximum absolute atomic E-state index is 12.1. The minimum absolute atomic E-state index is 0.0316. The Morgan fingerprint density at radius 1 is 1.00 bits per heavy atom. The van der Waals surface area contributed by atoms with Crippen molar-refractivity contribution in [2.24, 2.45) is 0 Å². The van der Waals surface area contributed by atoms with Crippen LogP contribution in [0.5, 0.6) is 0 Å². The summed E-state index contributed by atoms with van der Waals surface area (Å²) in [5.41, 5.74) is 2.22. The third kappa shape index (κ3) is 4.83. The molecule has 0 aliphatic heterocycles. The van der Waals surface area contributed by atoms with Gasteiger partial charge < -0.3 is 10.6 Å². The second kappa shape index (κ2) is 7.49. The first-order chi connectivity index (χ1) is 11.3. The Morgan fingerprint density at radius 2 is 1.62 bits per heavy atom. The zero-order valence-electron chi connectivity index (χ0n) is 14.0. The molecule has 0 aliphatic carbocycles. The molecule has 24 heavy (non-hydrogen) atoms. The highest BCUT2D eigenvalue weighted by atomic mass is 35.5. The first-order valence-corrected chi connectivity index (χ1v) is 8.08. The average molecular weight is 345 g/mol. The van der Waals surface area contributed by atoms with Gasteiger partial charge in [0, 0.05) is 5.56 Å². The van der Waals surface area contributed by atoms with E-state index < -0.39 is 0 Å². The molecule has 0 aliphatic rings. The van der Waals surface area contributed by atoms with Crippen molar-refractivity contribution >= 4 is 29.1 Å². The smallest absolute Gasteiger partial charge is 0.251 e. The number of rotatable bonds is 4. The first-order valence-electron chi connectivity index (χ1n) is 7.70. The van der Waals surface area contributed by atoms with Crippen molar-refractivity contribution in [3.05, 3.63) is 64.7 Å². The fourth-order valence-electron chi connectivity index (χ4n) is 2.14. The van der Waals surface area contributed by atoms with E-state index in [0.717, 1.165) is 5.56 Å². The maximum Gasteiger partial charge on any atom is 0.251 e. The van der Waals surface area contributed by atoms with Gasteiger partial charge in [-0.05, 0) is 35.2 Å². The number of carbonyl (C=O) groups excluding carboxylic acids is 2. The molecule has 126 valence electrons. The SMILES string of the molecule is CC(C)(C)c1ccc(C(=O)NCC(=O)Nc2ccccc2Cl)cc1. The van der Waals surface area contributed by atoms with Crippen molar-refractivity contribution in [2.75, 3.05) is 11.9 Å². The van der Waals surface area contributed by atoms with Crippen LogP contribution in [0.15, 0.2) is 48.5 Å². The fourth-order valence-corrected chi connectivity index (χ4v) is 2.32. The van der Waals surface area contributed by atoms with Crippen LogP contribution in [-0.2, 0) is 10.2 Å². The third-order valence-corrected chi connectivity index (χ3v) is 3.90. The zero-order valence-corrected chi connectivity index (χ0v) is 14.8. The lowest BCUT2D eigenvalue weighted by molar-refractivity contribution is -0.115. The lowest BCUT2D eigenvalue weighted by Crippen LogP contribution is -2.32. The standard InChI is InChI=1S/C19H21ClN2O2/c1-19(2,3)14-10-8-13(9-11-14)18(24)21-12-17(23)22-16-7-5-4-6-15(16)20/h4-11H,12H2,1-3H3,(H,21,24)(H,22,23). The minimum atomic E-state index is -0.331. The van der Waals surface area contributed by atoms with E-state index in [1.54, 1.807) is 36.4 Å². The molecule has 0 fully saturated rings. The topological polar surface area (TPSA) is 58.2 Å². The van der Waals surface area contributed by atoms with E-state index in [2.05, 4.69) is 31.4 Å². The van der Waals surface area contributed by atoms with Crippen molar-refractivity contribution in [3.63, 3.8) is 0 Å². The van der Waals surface area contributed by atoms with E-state index in [1.807, 2.05) is 12.1 Å². The third-order valence-electron chi connectivity index (χ3n) is 3.57. The van der Waals surface area contributed by atoms with Crippen molar-refractivity contribution in [2.45, 2.75) is 26.2 Å². The summed E-state index contributed by atoms with van der Waals surface area (Å²) in [6.07, 6.45) is 0. The second-order valence-corrected chi connectivity index (χ2v) is 6.95. The predicted octanol–water partition coefficient (Wildman–Crippen LogP) is 4.01. The summed E-state index contributed by atoms with van der Waals surface area (Å²) in [5, 5.41) is 5.72. The molecule has 2 amide bonds. The highest BCUT2D eigenvalue weighted by Gasteiger charge is 2.14. The molecule has 0 radical (unpaired) electrons. The van der Waals surface area contributed by atoms with E-state index in [4.69, 9.17) is 11.6 Å². The van der Waals surface area contributed by atoms with Gasteiger partial charge in [-0.1, -0.05) is 56.6 Å². The molecular formula is C19H21ClN2O2. The highest BCUT2D eigenvalue weighted by molar-refractivity contribution is 6.33. The van der Waals surface area contributed by atoms with E-state index >= 15 is 0 Å². The van der Waals surface area contributed by atoms with Crippen LogP contribution in [0.25, 0.3) is 0 Å². The van der Waals surface area contributed by atoms with E-state index in [9.17, 15) is 9.59 Å². The molecule has 0 bridgehead atoms. The van der Waals surface area contributed by atoms with Gasteiger partial charge in [-0.15, -0.1) is 0 Å². The van der Waals surface area contributed by atoms with Crippen LogP contribution in [-0.4, -0.2) is 18.4 Å². The molecule has 0 saturated carbocycles. The Kier molecular flexibility index (Phi) is 5.62. The average Bonchev–Trinajstić information content (AvgIpc) is 2.54. The molecule has 2 rings (SSSR count). The number of benzene rings is 2. The van der Waals surface area contributed by atoms with E-state index in [0.29, 0.717) is 16.3 Å². The van der Waals surface area contributed by atoms with Gasteiger partial charge >= 0.3 is 0 Å². The van der Waals surface area contributed by atoms with Crippen LogP contribution in [0.1, 0.15) is 36.7 Å². The van der Waals surface area contributed by atoms with Gasteiger partial charge in [0.1, 0.15) is 0 Å². The number of nitrogens with one attached hydrogen (secondary N) is 2. The Morgan fingerprint density at radius 3 is 2.21 bits per heavy atom. The van der Waals surface area contributed by atoms with Crippen molar-refractivity contribution in [3.8, 4) is 0 Å². The van der Waals surface area contributed by atoms with Gasteiger partial charge in [0.25, 0.3) is 5.91 Å². The lowest BCUT2D eigenvalue weighted by Gasteiger charge is -2.19. The molecule has 0 spiro atoms. The molecule has 2 aromatic carbocycles. The summed E-state index contributed by atoms with van der Waals surface area (Å²) in [5.74, 6) is -0.618. The van der Waals surface area contributed by atoms with Gasteiger partial charge in [-0.3, -0.25) is 9.59 Å². The number of anilines is 1. The van der Waals surface area contributed by atoms with Crippen LogP contribution in [0.2, 0.25) is 5.02 Å². The quantitative estimate of drug-likeness (QED) is 0.880. The Bertz CT molecular complexity index is 734. The van der Waals surface area contributed by atoms with Gasteiger partial charge in [0.15, 0.2) is 0 Å². The second-order valence-electron chi connectivity index (χ2n) is 6.54. The Balaban J connectivity index is 1.91. The molecule has 2 N–H and O–H groups in total. The number of hydrogen-bond acceptors (Lipinski definition) is 2. The first kappa shape index (κ1) is 18.0. The lowest BCUT2D eigenvalue weighted by atomic mass is 9.87. The highest BCUT2D eigenvalue weighted by Crippen LogP contribution is 2.22. The van der Waals surface area contributed by atoms with E-state index in [1.165, 1.54) is 0 Å². The number of halogens is 1. The fraction of sp³-hybridized carbons (Fsp3) is 0.263.